The Morgan fingerprint density at radius 3 is 2.70 bits per heavy atom. The third-order valence-corrected chi connectivity index (χ3v) is 3.57. The number of aryl methyl sites for hydroxylation is 1. The number of benzene rings is 1. The van der Waals surface area contributed by atoms with Gasteiger partial charge in [-0.1, -0.05) is 29.8 Å². The number of carbonyl (C=O) groups excluding carboxylic acids is 2. The number of carbonyl (C=O) groups is 2. The molecule has 1 aliphatic rings. The van der Waals surface area contributed by atoms with Gasteiger partial charge in [0.1, 0.15) is 6.04 Å². The van der Waals surface area contributed by atoms with Gasteiger partial charge in [0.05, 0.1) is 13.2 Å². The van der Waals surface area contributed by atoms with Gasteiger partial charge in [0.15, 0.2) is 5.78 Å². The predicted molar refractivity (Wildman–Crippen MR) is 75.5 cm³/mol. The van der Waals surface area contributed by atoms with E-state index in [1.54, 1.807) is 0 Å². The largest absolute Gasteiger partial charge is 0.378 e. The van der Waals surface area contributed by atoms with Crippen LogP contribution in [0.25, 0.3) is 0 Å². The highest BCUT2D eigenvalue weighted by molar-refractivity contribution is 5.96. The number of morpholine rings is 1. The van der Waals surface area contributed by atoms with Crippen LogP contribution in [0.2, 0.25) is 0 Å². The van der Waals surface area contributed by atoms with Crippen LogP contribution in [-0.2, 0) is 9.53 Å². The van der Waals surface area contributed by atoms with Crippen molar-refractivity contribution in [1.29, 1.82) is 0 Å². The van der Waals surface area contributed by atoms with Gasteiger partial charge in [-0.3, -0.25) is 14.5 Å². The maximum Gasteiger partial charge on any atom is 0.237 e. The molecule has 2 rings (SSSR count). The van der Waals surface area contributed by atoms with Crippen molar-refractivity contribution in [2.24, 2.45) is 5.73 Å². The average molecular weight is 276 g/mol. The van der Waals surface area contributed by atoms with E-state index >= 15 is 0 Å². The van der Waals surface area contributed by atoms with Crippen molar-refractivity contribution in [2.75, 3.05) is 26.3 Å². The number of Topliss-reactive ketones (excluding diaryl/α,β-unsaturated/α-hetero) is 1. The highest BCUT2D eigenvalue weighted by atomic mass is 16.5. The van der Waals surface area contributed by atoms with Gasteiger partial charge in [-0.05, 0) is 6.92 Å². The van der Waals surface area contributed by atoms with Gasteiger partial charge in [0, 0.05) is 25.1 Å². The highest BCUT2D eigenvalue weighted by Gasteiger charge is 2.27. The molecule has 1 fully saturated rings. The number of hydrogen-bond donors (Lipinski definition) is 1. The first-order valence-corrected chi connectivity index (χ1v) is 6.79. The fourth-order valence-electron chi connectivity index (χ4n) is 2.30. The molecule has 1 unspecified atom stereocenters. The molecule has 1 aromatic rings. The SMILES string of the molecule is Cc1ccc(C(=O)CCN2CCOCC2C(N)=O)cc1. The van der Waals surface area contributed by atoms with E-state index in [1.165, 1.54) is 0 Å². The number of nitrogens with two attached hydrogens (primary N) is 1. The molecule has 0 saturated carbocycles. The van der Waals surface area contributed by atoms with Crippen molar-refractivity contribution in [2.45, 2.75) is 19.4 Å². The van der Waals surface area contributed by atoms with Crippen LogP contribution >= 0.6 is 0 Å². The zero-order valence-electron chi connectivity index (χ0n) is 11.7. The van der Waals surface area contributed by atoms with Crippen LogP contribution in [0.5, 0.6) is 0 Å². The summed E-state index contributed by atoms with van der Waals surface area (Å²) in [6.45, 7) is 4.04. The van der Waals surface area contributed by atoms with Gasteiger partial charge < -0.3 is 10.5 Å². The Kier molecular flexibility index (Phi) is 4.87. The van der Waals surface area contributed by atoms with Crippen molar-refractivity contribution in [3.63, 3.8) is 0 Å². The summed E-state index contributed by atoms with van der Waals surface area (Å²) in [6, 6.07) is 7.10. The lowest BCUT2D eigenvalue weighted by Gasteiger charge is -2.33. The van der Waals surface area contributed by atoms with Crippen LogP contribution in [0.1, 0.15) is 22.3 Å². The number of hydrogen-bond acceptors (Lipinski definition) is 4. The fraction of sp³-hybridized carbons (Fsp3) is 0.467. The molecule has 1 saturated heterocycles. The second kappa shape index (κ2) is 6.63. The standard InChI is InChI=1S/C15H20N2O3/c1-11-2-4-12(5-3-11)14(18)6-7-17-8-9-20-10-13(17)15(16)19/h2-5,13H,6-10H2,1H3,(H2,16,19). The summed E-state index contributed by atoms with van der Waals surface area (Å²) in [7, 11) is 0. The molecule has 1 aromatic carbocycles. The van der Waals surface area contributed by atoms with Crippen LogP contribution in [0.3, 0.4) is 0 Å². The minimum absolute atomic E-state index is 0.0831. The Bertz CT molecular complexity index is 484. The predicted octanol–water partition coefficient (Wildman–Crippen LogP) is 0.754. The maximum absolute atomic E-state index is 12.1. The van der Waals surface area contributed by atoms with Gasteiger partial charge in [-0.25, -0.2) is 0 Å². The molecule has 0 radical (unpaired) electrons. The molecule has 5 nitrogen and oxygen atoms in total. The van der Waals surface area contributed by atoms with Crippen molar-refractivity contribution in [1.82, 2.24) is 4.90 Å². The first kappa shape index (κ1) is 14.7. The van der Waals surface area contributed by atoms with Crippen molar-refractivity contribution >= 4 is 11.7 Å². The normalized spacial score (nSPS) is 19.8. The summed E-state index contributed by atoms with van der Waals surface area (Å²) in [4.78, 5) is 25.4. The van der Waals surface area contributed by atoms with E-state index in [4.69, 9.17) is 10.5 Å². The molecule has 1 aliphatic heterocycles. The number of rotatable bonds is 5. The van der Waals surface area contributed by atoms with Gasteiger partial charge in [-0.15, -0.1) is 0 Å². The molecule has 0 aromatic heterocycles. The summed E-state index contributed by atoms with van der Waals surface area (Å²) >= 11 is 0. The Morgan fingerprint density at radius 1 is 1.35 bits per heavy atom. The van der Waals surface area contributed by atoms with Crippen LogP contribution in [0.4, 0.5) is 0 Å². The molecule has 108 valence electrons. The molecule has 2 N–H and O–H groups in total. The molecule has 0 aliphatic carbocycles. The van der Waals surface area contributed by atoms with E-state index in [1.807, 2.05) is 36.1 Å². The second-order valence-electron chi connectivity index (χ2n) is 5.07. The molecular weight excluding hydrogens is 256 g/mol. The lowest BCUT2D eigenvalue weighted by molar-refractivity contribution is -0.129. The number of ketones is 1. The average Bonchev–Trinajstić information content (AvgIpc) is 2.45. The van der Waals surface area contributed by atoms with E-state index in [9.17, 15) is 9.59 Å². The summed E-state index contributed by atoms with van der Waals surface area (Å²) < 4.78 is 5.25. The van der Waals surface area contributed by atoms with Gasteiger partial charge in [-0.2, -0.15) is 0 Å². The van der Waals surface area contributed by atoms with Gasteiger partial charge in [0.2, 0.25) is 5.91 Å². The van der Waals surface area contributed by atoms with Gasteiger partial charge in [0.25, 0.3) is 0 Å². The first-order chi connectivity index (χ1) is 9.58. The van der Waals surface area contributed by atoms with Crippen LogP contribution in [-0.4, -0.2) is 48.9 Å². The summed E-state index contributed by atoms with van der Waals surface area (Å²) in [6.07, 6.45) is 0.382. The number of amides is 1. The maximum atomic E-state index is 12.1. The van der Waals surface area contributed by atoms with Crippen molar-refractivity contribution < 1.29 is 14.3 Å². The van der Waals surface area contributed by atoms with Crippen molar-refractivity contribution in [3.05, 3.63) is 35.4 Å². The summed E-state index contributed by atoms with van der Waals surface area (Å²) in [5.74, 6) is -0.313. The molecule has 20 heavy (non-hydrogen) atoms. The Labute approximate surface area is 118 Å². The van der Waals surface area contributed by atoms with Crippen molar-refractivity contribution in [3.8, 4) is 0 Å². The second-order valence-corrected chi connectivity index (χ2v) is 5.07. The zero-order chi connectivity index (χ0) is 14.5. The van der Waals surface area contributed by atoms with Gasteiger partial charge >= 0.3 is 0 Å². The van der Waals surface area contributed by atoms with Crippen LogP contribution in [0, 0.1) is 6.92 Å². The number of nitrogens with zero attached hydrogens (tertiary/aromatic N) is 1. The minimum Gasteiger partial charge on any atom is -0.378 e. The third kappa shape index (κ3) is 3.65. The van der Waals surface area contributed by atoms with E-state index in [-0.39, 0.29) is 5.78 Å². The molecule has 1 heterocycles. The molecular formula is C15H20N2O3. The lowest BCUT2D eigenvalue weighted by atomic mass is 10.1. The number of primary amides is 1. The molecule has 0 spiro atoms. The number of ether oxygens (including phenoxy) is 1. The third-order valence-electron chi connectivity index (χ3n) is 3.57. The van der Waals surface area contributed by atoms with E-state index in [0.717, 1.165) is 5.56 Å². The molecule has 1 atom stereocenters. The molecule has 5 heteroatoms. The molecule has 1 amide bonds. The topological polar surface area (TPSA) is 72.6 Å². The van der Waals surface area contributed by atoms with Crippen LogP contribution in [0.15, 0.2) is 24.3 Å². The summed E-state index contributed by atoms with van der Waals surface area (Å²) in [5, 5.41) is 0. The quantitative estimate of drug-likeness (QED) is 0.806. The molecule has 0 bridgehead atoms. The minimum atomic E-state index is -0.422. The first-order valence-electron chi connectivity index (χ1n) is 6.79. The Morgan fingerprint density at radius 2 is 2.05 bits per heavy atom. The summed E-state index contributed by atoms with van der Waals surface area (Å²) in [5.41, 5.74) is 7.18. The Balaban J connectivity index is 1.91. The fourth-order valence-corrected chi connectivity index (χ4v) is 2.30. The van der Waals surface area contributed by atoms with Crippen LogP contribution < -0.4 is 5.73 Å². The highest BCUT2D eigenvalue weighted by Crippen LogP contribution is 2.10. The Hall–Kier alpha value is -1.72. The monoisotopic (exact) mass is 276 g/mol. The smallest absolute Gasteiger partial charge is 0.237 e. The zero-order valence-corrected chi connectivity index (χ0v) is 11.7. The van der Waals surface area contributed by atoms with E-state index < -0.39 is 11.9 Å². The van der Waals surface area contributed by atoms with E-state index in [2.05, 4.69) is 0 Å². The lowest BCUT2D eigenvalue weighted by Crippen LogP contribution is -2.52. The van der Waals surface area contributed by atoms with E-state index in [0.29, 0.717) is 38.3 Å².